The van der Waals surface area contributed by atoms with Crippen molar-refractivity contribution in [3.05, 3.63) is 0 Å². The van der Waals surface area contributed by atoms with Crippen molar-refractivity contribution in [2.45, 2.75) is 51.7 Å². The number of aliphatic hydroxyl groups excluding tert-OH is 1. The van der Waals surface area contributed by atoms with Gasteiger partial charge in [-0.1, -0.05) is 0 Å². The van der Waals surface area contributed by atoms with E-state index in [1.807, 2.05) is 0 Å². The second kappa shape index (κ2) is 6.31. The Morgan fingerprint density at radius 1 is 1.13 bits per heavy atom. The van der Waals surface area contributed by atoms with Gasteiger partial charge in [-0.05, 0) is 51.7 Å². The van der Waals surface area contributed by atoms with Crippen LogP contribution in [-0.2, 0) is 8.23 Å². The molecule has 0 bridgehead atoms. The van der Waals surface area contributed by atoms with Gasteiger partial charge in [0.05, 0.1) is 0 Å². The zero-order valence-corrected chi connectivity index (χ0v) is 14.1. The van der Waals surface area contributed by atoms with E-state index in [0.29, 0.717) is 0 Å². The van der Waals surface area contributed by atoms with Crippen molar-refractivity contribution in [1.29, 1.82) is 0 Å². The normalized spacial score (nSPS) is 15.4. The van der Waals surface area contributed by atoms with E-state index in [0.717, 1.165) is 12.5 Å². The molecule has 0 aromatic carbocycles. The first-order chi connectivity index (χ1) is 6.66. The van der Waals surface area contributed by atoms with Crippen LogP contribution in [0.2, 0.25) is 45.3 Å². The predicted molar refractivity (Wildman–Crippen MR) is 72.5 cm³/mol. The van der Waals surface area contributed by atoms with Gasteiger partial charge < -0.3 is 13.3 Å². The number of hydrogen-bond acceptors (Lipinski definition) is 3. The molecule has 0 aliphatic carbocycles. The van der Waals surface area contributed by atoms with Crippen molar-refractivity contribution in [2.24, 2.45) is 0 Å². The van der Waals surface area contributed by atoms with Gasteiger partial charge in [0.2, 0.25) is 0 Å². The highest BCUT2D eigenvalue weighted by Gasteiger charge is 2.32. The molecule has 92 valence electrons. The number of rotatable bonds is 7. The average Bonchev–Trinajstić information content (AvgIpc) is 1.94. The first-order valence-electron chi connectivity index (χ1n) is 5.65. The van der Waals surface area contributed by atoms with E-state index >= 15 is 0 Å². The molecule has 0 aromatic heterocycles. The van der Waals surface area contributed by atoms with E-state index in [1.54, 1.807) is 0 Å². The van der Waals surface area contributed by atoms with Gasteiger partial charge in [-0.3, -0.25) is 0 Å². The largest absolute Gasteiger partial charge is 0.439 e. The van der Waals surface area contributed by atoms with Gasteiger partial charge >= 0.3 is 8.56 Å². The predicted octanol–water partition coefficient (Wildman–Crippen LogP) is 2.29. The summed E-state index contributed by atoms with van der Waals surface area (Å²) in [5.41, 5.74) is 0. The minimum absolute atomic E-state index is 0.275. The summed E-state index contributed by atoms with van der Waals surface area (Å²) in [6.07, 6.45) is 0.866. The maximum Gasteiger partial charge on any atom is 0.310 e. The summed E-state index contributed by atoms with van der Waals surface area (Å²) < 4.78 is 12.2. The molecule has 6 heteroatoms. The molecule has 0 fully saturated rings. The Labute approximate surface area is 97.9 Å². The van der Waals surface area contributed by atoms with Gasteiger partial charge in [-0.15, -0.1) is 0 Å². The molecule has 0 saturated heterocycles. The standard InChI is InChI=1S/C9H26O3Si3/c1-13(9-7-8-10)11-15(5,6)12-14(2,3)4/h10,13H,7-9H2,1-6H3. The van der Waals surface area contributed by atoms with Crippen LogP contribution >= 0.6 is 0 Å². The third-order valence-electron chi connectivity index (χ3n) is 1.81. The van der Waals surface area contributed by atoms with E-state index in [9.17, 15) is 0 Å². The van der Waals surface area contributed by atoms with Crippen LogP contribution < -0.4 is 0 Å². The molecule has 1 unspecified atom stereocenters. The summed E-state index contributed by atoms with van der Waals surface area (Å²) in [4.78, 5) is 0. The maximum atomic E-state index is 8.75. The van der Waals surface area contributed by atoms with Crippen molar-refractivity contribution >= 4 is 25.9 Å². The lowest BCUT2D eigenvalue weighted by atomic mass is 10.5. The maximum absolute atomic E-state index is 8.75. The van der Waals surface area contributed by atoms with E-state index in [2.05, 4.69) is 39.3 Å². The first-order valence-corrected chi connectivity index (χ1v) is 14.3. The fourth-order valence-corrected chi connectivity index (χ4v) is 13.3. The van der Waals surface area contributed by atoms with Crippen LogP contribution in [0.1, 0.15) is 6.42 Å². The lowest BCUT2D eigenvalue weighted by Crippen LogP contribution is -2.47. The van der Waals surface area contributed by atoms with E-state index < -0.39 is 25.9 Å². The van der Waals surface area contributed by atoms with Crippen molar-refractivity contribution in [1.82, 2.24) is 0 Å². The van der Waals surface area contributed by atoms with Crippen LogP contribution in [0.15, 0.2) is 0 Å². The van der Waals surface area contributed by atoms with Crippen LogP contribution in [0, 0.1) is 0 Å². The highest BCUT2D eigenvalue weighted by Crippen LogP contribution is 2.17. The van der Waals surface area contributed by atoms with Crippen LogP contribution in [0.3, 0.4) is 0 Å². The van der Waals surface area contributed by atoms with Crippen LogP contribution in [0.25, 0.3) is 0 Å². The molecule has 1 atom stereocenters. The summed E-state index contributed by atoms with van der Waals surface area (Å²) in [6.45, 7) is 13.3. The minimum atomic E-state index is -1.91. The first kappa shape index (κ1) is 15.5. The molecule has 15 heavy (non-hydrogen) atoms. The highest BCUT2D eigenvalue weighted by atomic mass is 28.5. The molecule has 0 aromatic rings. The van der Waals surface area contributed by atoms with E-state index in [1.165, 1.54) is 0 Å². The summed E-state index contributed by atoms with van der Waals surface area (Å²) in [7, 11) is -4.53. The van der Waals surface area contributed by atoms with Gasteiger partial charge in [-0.25, -0.2) is 0 Å². The summed E-state index contributed by atoms with van der Waals surface area (Å²) in [5, 5.41) is 8.75. The lowest BCUT2D eigenvalue weighted by molar-refractivity contribution is 0.292. The summed E-state index contributed by atoms with van der Waals surface area (Å²) >= 11 is 0. The average molecular weight is 267 g/mol. The fraction of sp³-hybridized carbons (Fsp3) is 1.00. The molecule has 0 spiro atoms. The quantitative estimate of drug-likeness (QED) is 0.719. The topological polar surface area (TPSA) is 38.7 Å². The van der Waals surface area contributed by atoms with Gasteiger partial charge in [0, 0.05) is 6.61 Å². The molecule has 0 heterocycles. The fourth-order valence-electron chi connectivity index (χ4n) is 1.68. The van der Waals surface area contributed by atoms with Gasteiger partial charge in [-0.2, -0.15) is 0 Å². The third kappa shape index (κ3) is 9.46. The Balaban J connectivity index is 4.01. The van der Waals surface area contributed by atoms with Crippen molar-refractivity contribution < 1.29 is 13.3 Å². The molecule has 0 amide bonds. The Kier molecular flexibility index (Phi) is 6.53. The van der Waals surface area contributed by atoms with Crippen LogP contribution in [0.4, 0.5) is 0 Å². The number of aliphatic hydroxyl groups is 1. The zero-order valence-electron chi connectivity index (χ0n) is 11.0. The molecule has 0 radical (unpaired) electrons. The van der Waals surface area contributed by atoms with E-state index in [-0.39, 0.29) is 6.61 Å². The molecule has 3 nitrogen and oxygen atoms in total. The Hall–Kier alpha value is 0.531. The second-order valence-corrected chi connectivity index (χ2v) is 16.4. The summed E-state index contributed by atoms with van der Waals surface area (Å²) in [6, 6.07) is 1.04. The SMILES string of the molecule is C[SiH](CCCO)O[Si](C)(C)O[Si](C)(C)C. The van der Waals surface area contributed by atoms with Crippen LogP contribution in [-0.4, -0.2) is 37.6 Å². The molecule has 1 N–H and O–H groups in total. The van der Waals surface area contributed by atoms with Crippen molar-refractivity contribution in [3.8, 4) is 0 Å². The van der Waals surface area contributed by atoms with Crippen LogP contribution in [0.5, 0.6) is 0 Å². The minimum Gasteiger partial charge on any atom is -0.439 e. The summed E-state index contributed by atoms with van der Waals surface area (Å²) in [5.74, 6) is 0. The Morgan fingerprint density at radius 3 is 2.07 bits per heavy atom. The molecule has 0 rings (SSSR count). The molecule has 0 saturated carbocycles. The van der Waals surface area contributed by atoms with E-state index in [4.69, 9.17) is 13.3 Å². The third-order valence-corrected chi connectivity index (χ3v) is 11.3. The number of hydrogen-bond donors (Lipinski definition) is 1. The molecular weight excluding hydrogens is 240 g/mol. The monoisotopic (exact) mass is 266 g/mol. The zero-order chi connectivity index (χ0) is 12.1. The molecular formula is C9H26O3Si3. The smallest absolute Gasteiger partial charge is 0.310 e. The lowest BCUT2D eigenvalue weighted by Gasteiger charge is -2.33. The van der Waals surface area contributed by atoms with Gasteiger partial charge in [0.25, 0.3) is 0 Å². The Bertz CT molecular complexity index is 180. The highest BCUT2D eigenvalue weighted by molar-refractivity contribution is 6.84. The van der Waals surface area contributed by atoms with Crippen molar-refractivity contribution in [2.75, 3.05) is 6.61 Å². The Morgan fingerprint density at radius 2 is 1.67 bits per heavy atom. The van der Waals surface area contributed by atoms with Gasteiger partial charge in [0.15, 0.2) is 17.4 Å². The van der Waals surface area contributed by atoms with Crippen molar-refractivity contribution in [3.63, 3.8) is 0 Å². The molecule has 0 aliphatic heterocycles. The molecule has 0 aliphatic rings. The van der Waals surface area contributed by atoms with Gasteiger partial charge in [0.1, 0.15) is 0 Å². The second-order valence-electron chi connectivity index (χ2n) is 5.41.